The van der Waals surface area contributed by atoms with Crippen LogP contribution in [0.4, 0.5) is 0 Å². The Bertz CT molecular complexity index is 676. The Labute approximate surface area is 164 Å². The Hall–Kier alpha value is -1.85. The summed E-state index contributed by atoms with van der Waals surface area (Å²) in [5, 5.41) is 9.95. The van der Waals surface area contributed by atoms with Crippen molar-refractivity contribution < 1.29 is 4.74 Å². The fraction of sp³-hybridized carbons (Fsp3) is 0.560. The lowest BCUT2D eigenvalue weighted by Gasteiger charge is -2.38. The van der Waals surface area contributed by atoms with E-state index in [1.807, 2.05) is 6.07 Å². The molecule has 3 atom stereocenters. The summed E-state index contributed by atoms with van der Waals surface area (Å²) in [5.74, 6) is 0.309. The zero-order chi connectivity index (χ0) is 19.0. The molecule has 0 bridgehead atoms. The lowest BCUT2D eigenvalue weighted by atomic mass is 9.68. The van der Waals surface area contributed by atoms with Crippen molar-refractivity contribution in [3.63, 3.8) is 0 Å². The second-order valence-electron chi connectivity index (χ2n) is 8.15. The molecule has 1 saturated heterocycles. The van der Waals surface area contributed by atoms with Crippen LogP contribution in [0.15, 0.2) is 48.6 Å². The molecule has 1 aliphatic heterocycles. The fourth-order valence-electron chi connectivity index (χ4n) is 4.39. The van der Waals surface area contributed by atoms with Gasteiger partial charge in [-0.3, -0.25) is 0 Å². The van der Waals surface area contributed by atoms with Gasteiger partial charge in [-0.05, 0) is 36.8 Å². The molecule has 1 fully saturated rings. The number of unbranched alkanes of at least 4 members (excludes halogenated alkanes) is 4. The van der Waals surface area contributed by atoms with Crippen LogP contribution in [0.25, 0.3) is 5.57 Å². The number of ether oxygens (including phenoxy) is 1. The predicted molar refractivity (Wildman–Crippen MR) is 112 cm³/mol. The molecule has 1 aromatic rings. The molecule has 1 aromatic carbocycles. The minimum absolute atomic E-state index is 0.309. The quantitative estimate of drug-likeness (QED) is 0.482. The maximum Gasteiger partial charge on any atom is 0.0841 e. The molecule has 0 radical (unpaired) electrons. The van der Waals surface area contributed by atoms with Gasteiger partial charge in [0.15, 0.2) is 0 Å². The van der Waals surface area contributed by atoms with E-state index in [0.29, 0.717) is 12.0 Å². The summed E-state index contributed by atoms with van der Waals surface area (Å²) in [6.45, 7) is 2.99. The van der Waals surface area contributed by atoms with E-state index in [2.05, 4.69) is 55.5 Å². The van der Waals surface area contributed by atoms with E-state index in [9.17, 15) is 5.26 Å². The van der Waals surface area contributed by atoms with E-state index in [-0.39, 0.29) is 0 Å². The molecule has 2 nitrogen and oxygen atoms in total. The van der Waals surface area contributed by atoms with Gasteiger partial charge in [0.25, 0.3) is 0 Å². The molecule has 3 unspecified atom stereocenters. The number of hydrogen-bond donors (Lipinski definition) is 0. The van der Waals surface area contributed by atoms with E-state index in [1.54, 1.807) is 0 Å². The van der Waals surface area contributed by atoms with Gasteiger partial charge in [0.05, 0.1) is 24.2 Å². The summed E-state index contributed by atoms with van der Waals surface area (Å²) in [4.78, 5) is 0. The number of allylic oxidation sites excluding steroid dienone is 4. The summed E-state index contributed by atoms with van der Waals surface area (Å²) >= 11 is 0. The third-order valence-corrected chi connectivity index (χ3v) is 6.26. The molecule has 3 rings (SSSR count). The fourth-order valence-corrected chi connectivity index (χ4v) is 4.39. The van der Waals surface area contributed by atoms with Crippen LogP contribution in [0, 0.1) is 22.7 Å². The third kappa shape index (κ3) is 5.11. The van der Waals surface area contributed by atoms with Gasteiger partial charge in [-0.15, -0.1) is 0 Å². The number of nitriles is 1. The van der Waals surface area contributed by atoms with Crippen molar-refractivity contribution in [2.45, 2.75) is 70.8 Å². The van der Waals surface area contributed by atoms with Crippen LogP contribution in [0.5, 0.6) is 0 Å². The number of hydrogen-bond acceptors (Lipinski definition) is 2. The molecule has 1 heterocycles. The SMILES string of the molecule is CCCCCCCC1CCC(C2(C#N)C=CC(c3ccccc3)=CC2)CO1. The minimum Gasteiger partial charge on any atom is -0.378 e. The summed E-state index contributed by atoms with van der Waals surface area (Å²) in [5.41, 5.74) is 2.05. The van der Waals surface area contributed by atoms with Crippen LogP contribution in [0.2, 0.25) is 0 Å². The molecule has 0 spiro atoms. The highest BCUT2D eigenvalue weighted by atomic mass is 16.5. The van der Waals surface area contributed by atoms with E-state index in [0.717, 1.165) is 25.9 Å². The van der Waals surface area contributed by atoms with Crippen LogP contribution in [0.1, 0.15) is 70.3 Å². The highest BCUT2D eigenvalue weighted by molar-refractivity contribution is 5.75. The average molecular weight is 364 g/mol. The van der Waals surface area contributed by atoms with Gasteiger partial charge in [0, 0.05) is 5.92 Å². The lowest BCUT2D eigenvalue weighted by Crippen LogP contribution is -2.37. The van der Waals surface area contributed by atoms with Crippen molar-refractivity contribution in [3.8, 4) is 6.07 Å². The molecule has 0 saturated carbocycles. The van der Waals surface area contributed by atoms with Gasteiger partial charge >= 0.3 is 0 Å². The van der Waals surface area contributed by atoms with Crippen molar-refractivity contribution in [2.75, 3.05) is 6.61 Å². The normalized spacial score (nSPS) is 27.8. The number of benzene rings is 1. The van der Waals surface area contributed by atoms with Gasteiger partial charge in [0.2, 0.25) is 0 Å². The first-order valence-electron chi connectivity index (χ1n) is 10.7. The number of rotatable bonds is 8. The Morgan fingerprint density at radius 1 is 1.11 bits per heavy atom. The average Bonchev–Trinajstić information content (AvgIpc) is 2.75. The molecule has 0 amide bonds. The first kappa shape index (κ1) is 19.9. The predicted octanol–water partition coefficient (Wildman–Crippen LogP) is 6.70. The first-order chi connectivity index (χ1) is 13.3. The molecular formula is C25H33NO. The van der Waals surface area contributed by atoms with Crippen LogP contribution in [-0.2, 0) is 4.74 Å². The van der Waals surface area contributed by atoms with Crippen LogP contribution in [-0.4, -0.2) is 12.7 Å². The van der Waals surface area contributed by atoms with Gasteiger partial charge in [-0.25, -0.2) is 0 Å². The highest BCUT2D eigenvalue weighted by Gasteiger charge is 2.40. The Kier molecular flexibility index (Phi) is 7.30. The smallest absolute Gasteiger partial charge is 0.0841 e. The lowest BCUT2D eigenvalue weighted by molar-refractivity contribution is -0.0407. The van der Waals surface area contributed by atoms with Crippen molar-refractivity contribution in [1.82, 2.24) is 0 Å². The van der Waals surface area contributed by atoms with Crippen LogP contribution < -0.4 is 0 Å². The zero-order valence-corrected chi connectivity index (χ0v) is 16.7. The molecule has 0 N–H and O–H groups in total. The summed E-state index contributed by atoms with van der Waals surface area (Å²) < 4.78 is 6.18. The molecule has 0 aromatic heterocycles. The molecule has 2 aliphatic rings. The maximum atomic E-state index is 9.95. The second kappa shape index (κ2) is 9.90. The van der Waals surface area contributed by atoms with Crippen molar-refractivity contribution in [3.05, 3.63) is 54.1 Å². The summed E-state index contributed by atoms with van der Waals surface area (Å²) in [7, 11) is 0. The van der Waals surface area contributed by atoms with Crippen LogP contribution in [0.3, 0.4) is 0 Å². The standard InChI is InChI=1S/C25H33NO/c1-2-3-4-5-9-12-24-14-13-23(19-27-24)25(20-26)17-15-22(16-18-25)21-10-7-6-8-11-21/h6-8,10-11,15-17,23-24H,2-5,9,12-14,18-19H2,1H3. The monoisotopic (exact) mass is 363 g/mol. The van der Waals surface area contributed by atoms with Crippen molar-refractivity contribution in [1.29, 1.82) is 5.26 Å². The van der Waals surface area contributed by atoms with Gasteiger partial charge < -0.3 is 4.74 Å². The van der Waals surface area contributed by atoms with E-state index in [1.165, 1.54) is 49.7 Å². The minimum atomic E-state index is -0.398. The Balaban J connectivity index is 1.51. The second-order valence-corrected chi connectivity index (χ2v) is 8.15. The summed E-state index contributed by atoms with van der Waals surface area (Å²) in [6, 6.07) is 13.1. The highest BCUT2D eigenvalue weighted by Crippen LogP contribution is 2.43. The van der Waals surface area contributed by atoms with E-state index < -0.39 is 5.41 Å². The van der Waals surface area contributed by atoms with Gasteiger partial charge in [-0.2, -0.15) is 5.26 Å². The van der Waals surface area contributed by atoms with Gasteiger partial charge in [-0.1, -0.05) is 87.6 Å². The van der Waals surface area contributed by atoms with Crippen LogP contribution >= 0.6 is 0 Å². The molecule has 1 aliphatic carbocycles. The third-order valence-electron chi connectivity index (χ3n) is 6.26. The summed E-state index contributed by atoms with van der Waals surface area (Å²) in [6.07, 6.45) is 17.7. The van der Waals surface area contributed by atoms with Crippen molar-refractivity contribution >= 4 is 5.57 Å². The zero-order valence-electron chi connectivity index (χ0n) is 16.7. The van der Waals surface area contributed by atoms with E-state index in [4.69, 9.17) is 4.74 Å². The number of nitrogens with zero attached hydrogens (tertiary/aromatic N) is 1. The molecular weight excluding hydrogens is 330 g/mol. The Morgan fingerprint density at radius 2 is 1.93 bits per heavy atom. The first-order valence-corrected chi connectivity index (χ1v) is 10.7. The van der Waals surface area contributed by atoms with Crippen molar-refractivity contribution in [2.24, 2.45) is 11.3 Å². The molecule has 2 heteroatoms. The maximum absolute atomic E-state index is 9.95. The largest absolute Gasteiger partial charge is 0.378 e. The molecule has 27 heavy (non-hydrogen) atoms. The van der Waals surface area contributed by atoms with E-state index >= 15 is 0 Å². The Morgan fingerprint density at radius 3 is 2.56 bits per heavy atom. The van der Waals surface area contributed by atoms with Gasteiger partial charge in [0.1, 0.15) is 0 Å². The topological polar surface area (TPSA) is 33.0 Å². The molecule has 144 valence electrons.